The van der Waals surface area contributed by atoms with E-state index in [1.165, 1.54) is 0 Å². The van der Waals surface area contributed by atoms with Crippen LogP contribution in [-0.4, -0.2) is 9.55 Å². The number of benzene rings is 1. The SMILES string of the molecule is CCC(CC)(CC)n1c(C(C)Cl)nc2cc(Br)c(F)cc21. The summed E-state index contributed by atoms with van der Waals surface area (Å²) in [5, 5.41) is -0.219. The molecule has 1 unspecified atom stereocenters. The first kappa shape index (κ1) is 16.8. The molecule has 21 heavy (non-hydrogen) atoms. The lowest BCUT2D eigenvalue weighted by atomic mass is 9.89. The van der Waals surface area contributed by atoms with Crippen molar-refractivity contribution in [2.45, 2.75) is 57.9 Å². The van der Waals surface area contributed by atoms with E-state index in [-0.39, 0.29) is 16.7 Å². The number of imidazole rings is 1. The van der Waals surface area contributed by atoms with Crippen molar-refractivity contribution < 1.29 is 4.39 Å². The molecule has 0 saturated carbocycles. The Balaban J connectivity index is 2.86. The molecule has 0 amide bonds. The van der Waals surface area contributed by atoms with Gasteiger partial charge in [0.15, 0.2) is 0 Å². The Hall–Kier alpha value is -0.610. The second-order valence-electron chi connectivity index (χ2n) is 5.46. The maximum Gasteiger partial charge on any atom is 0.139 e. The van der Waals surface area contributed by atoms with E-state index in [0.29, 0.717) is 4.47 Å². The average Bonchev–Trinajstić information content (AvgIpc) is 2.82. The molecule has 1 atom stereocenters. The van der Waals surface area contributed by atoms with Crippen LogP contribution in [0.25, 0.3) is 11.0 Å². The van der Waals surface area contributed by atoms with Gasteiger partial charge >= 0.3 is 0 Å². The van der Waals surface area contributed by atoms with Crippen molar-refractivity contribution in [1.82, 2.24) is 9.55 Å². The zero-order valence-corrected chi connectivity index (χ0v) is 15.2. The predicted octanol–water partition coefficient (Wildman–Crippen LogP) is 6.16. The zero-order chi connectivity index (χ0) is 15.8. The van der Waals surface area contributed by atoms with E-state index in [9.17, 15) is 4.39 Å². The van der Waals surface area contributed by atoms with Crippen LogP contribution in [0, 0.1) is 5.82 Å². The Morgan fingerprint density at radius 3 is 2.33 bits per heavy atom. The van der Waals surface area contributed by atoms with Crippen LogP contribution in [-0.2, 0) is 5.54 Å². The van der Waals surface area contributed by atoms with E-state index in [2.05, 4.69) is 46.3 Å². The zero-order valence-electron chi connectivity index (χ0n) is 12.9. The molecular formula is C16H21BrClFN2. The first-order valence-corrected chi connectivity index (χ1v) is 8.65. The van der Waals surface area contributed by atoms with Gasteiger partial charge in [0, 0.05) is 11.6 Å². The van der Waals surface area contributed by atoms with Gasteiger partial charge in [-0.1, -0.05) is 20.8 Å². The largest absolute Gasteiger partial charge is 0.320 e. The fourth-order valence-electron chi connectivity index (χ4n) is 3.08. The maximum absolute atomic E-state index is 14.0. The highest BCUT2D eigenvalue weighted by atomic mass is 79.9. The highest BCUT2D eigenvalue weighted by molar-refractivity contribution is 9.10. The van der Waals surface area contributed by atoms with E-state index in [4.69, 9.17) is 11.6 Å². The van der Waals surface area contributed by atoms with Crippen molar-refractivity contribution in [3.05, 3.63) is 28.2 Å². The Labute approximate surface area is 138 Å². The number of rotatable bonds is 5. The fourth-order valence-corrected chi connectivity index (χ4v) is 3.56. The maximum atomic E-state index is 14.0. The number of aromatic nitrogens is 2. The minimum absolute atomic E-state index is 0.0759. The Kier molecular flexibility index (Phi) is 4.99. The van der Waals surface area contributed by atoms with Gasteiger partial charge in [-0.2, -0.15) is 0 Å². The molecule has 2 nitrogen and oxygen atoms in total. The van der Waals surface area contributed by atoms with E-state index in [1.807, 2.05) is 6.92 Å². The summed E-state index contributed by atoms with van der Waals surface area (Å²) in [6.45, 7) is 8.40. The quantitative estimate of drug-likeness (QED) is 0.572. The van der Waals surface area contributed by atoms with Crippen LogP contribution in [0.2, 0.25) is 0 Å². The van der Waals surface area contributed by atoms with E-state index in [1.54, 1.807) is 12.1 Å². The Morgan fingerprint density at radius 1 is 1.29 bits per heavy atom. The summed E-state index contributed by atoms with van der Waals surface area (Å²) < 4.78 is 16.6. The molecule has 1 aromatic carbocycles. The number of hydrogen-bond donors (Lipinski definition) is 0. The van der Waals surface area contributed by atoms with Gasteiger partial charge in [0.05, 0.1) is 20.9 Å². The van der Waals surface area contributed by atoms with Gasteiger partial charge in [-0.15, -0.1) is 11.6 Å². The summed E-state index contributed by atoms with van der Waals surface area (Å²) in [6.07, 6.45) is 2.87. The molecule has 0 radical (unpaired) electrons. The minimum atomic E-state index is -0.269. The van der Waals surface area contributed by atoms with Gasteiger partial charge in [-0.3, -0.25) is 0 Å². The molecular weight excluding hydrogens is 355 g/mol. The molecule has 0 saturated heterocycles. The van der Waals surface area contributed by atoms with Crippen LogP contribution in [0.3, 0.4) is 0 Å². The smallest absolute Gasteiger partial charge is 0.139 e. The highest BCUT2D eigenvalue weighted by Crippen LogP contribution is 2.38. The summed E-state index contributed by atoms with van der Waals surface area (Å²) in [5.74, 6) is 0.546. The summed E-state index contributed by atoms with van der Waals surface area (Å²) in [7, 11) is 0. The van der Waals surface area contributed by atoms with Crippen LogP contribution in [0.4, 0.5) is 4.39 Å². The van der Waals surface area contributed by atoms with E-state index in [0.717, 1.165) is 36.1 Å². The lowest BCUT2D eigenvalue weighted by Crippen LogP contribution is -2.33. The number of nitrogens with zero attached hydrogens (tertiary/aromatic N) is 2. The van der Waals surface area contributed by atoms with Crippen LogP contribution in [0.15, 0.2) is 16.6 Å². The van der Waals surface area contributed by atoms with Crippen molar-refractivity contribution >= 4 is 38.6 Å². The summed E-state index contributed by atoms with van der Waals surface area (Å²) in [6, 6.07) is 3.29. The number of alkyl halides is 1. The van der Waals surface area contributed by atoms with Crippen LogP contribution < -0.4 is 0 Å². The fraction of sp³-hybridized carbons (Fsp3) is 0.562. The topological polar surface area (TPSA) is 17.8 Å². The van der Waals surface area contributed by atoms with Gasteiger partial charge in [0.25, 0.3) is 0 Å². The van der Waals surface area contributed by atoms with Crippen molar-refractivity contribution in [2.24, 2.45) is 0 Å². The van der Waals surface area contributed by atoms with Crippen LogP contribution in [0.1, 0.15) is 58.2 Å². The molecule has 0 spiro atoms. The lowest BCUT2D eigenvalue weighted by Gasteiger charge is -2.35. The standard InChI is InChI=1S/C16H21BrClFN2/c1-5-16(6-2,7-3)21-14-9-12(19)11(17)8-13(14)20-15(21)10(4)18/h8-10H,5-7H2,1-4H3. The Morgan fingerprint density at radius 2 is 1.86 bits per heavy atom. The van der Waals surface area contributed by atoms with Crippen LogP contribution >= 0.6 is 27.5 Å². The van der Waals surface area contributed by atoms with Crippen LogP contribution in [0.5, 0.6) is 0 Å². The summed E-state index contributed by atoms with van der Waals surface area (Å²) >= 11 is 9.58. The first-order valence-electron chi connectivity index (χ1n) is 7.42. The molecule has 0 aliphatic carbocycles. The lowest BCUT2D eigenvalue weighted by molar-refractivity contribution is 0.250. The second kappa shape index (κ2) is 6.25. The first-order chi connectivity index (χ1) is 9.90. The van der Waals surface area contributed by atoms with Gasteiger partial charge in [0.2, 0.25) is 0 Å². The normalized spacial score (nSPS) is 13.9. The molecule has 1 heterocycles. The highest BCUT2D eigenvalue weighted by Gasteiger charge is 2.32. The van der Waals surface area contributed by atoms with Gasteiger partial charge in [0.1, 0.15) is 11.6 Å². The minimum Gasteiger partial charge on any atom is -0.320 e. The van der Waals surface area contributed by atoms with Gasteiger partial charge in [-0.25, -0.2) is 9.37 Å². The van der Waals surface area contributed by atoms with Crippen molar-refractivity contribution in [3.63, 3.8) is 0 Å². The van der Waals surface area contributed by atoms with Gasteiger partial charge < -0.3 is 4.57 Å². The molecule has 0 aliphatic rings. The van der Waals surface area contributed by atoms with Gasteiger partial charge in [-0.05, 0) is 48.2 Å². The third-order valence-corrected chi connectivity index (χ3v) is 5.33. The molecule has 1 aromatic heterocycles. The number of halogens is 3. The second-order valence-corrected chi connectivity index (χ2v) is 6.97. The average molecular weight is 376 g/mol. The number of fused-ring (bicyclic) bond motifs is 1. The molecule has 2 rings (SSSR count). The Bertz CT molecular complexity index is 639. The monoisotopic (exact) mass is 374 g/mol. The molecule has 5 heteroatoms. The van der Waals surface area contributed by atoms with Crippen molar-refractivity contribution in [3.8, 4) is 0 Å². The molecule has 0 fully saturated rings. The third kappa shape index (κ3) is 2.72. The third-order valence-electron chi connectivity index (χ3n) is 4.53. The summed E-state index contributed by atoms with van der Waals surface area (Å²) in [4.78, 5) is 4.66. The van der Waals surface area contributed by atoms with E-state index >= 15 is 0 Å². The van der Waals surface area contributed by atoms with Crippen molar-refractivity contribution in [2.75, 3.05) is 0 Å². The molecule has 0 aliphatic heterocycles. The molecule has 2 aromatic rings. The molecule has 0 bridgehead atoms. The predicted molar refractivity (Wildman–Crippen MR) is 90.5 cm³/mol. The summed E-state index contributed by atoms with van der Waals surface area (Å²) in [5.41, 5.74) is 1.53. The molecule has 0 N–H and O–H groups in total. The van der Waals surface area contributed by atoms with E-state index < -0.39 is 0 Å². The number of hydrogen-bond acceptors (Lipinski definition) is 1. The van der Waals surface area contributed by atoms with Crippen molar-refractivity contribution in [1.29, 1.82) is 0 Å². The molecule has 116 valence electrons.